The van der Waals surface area contributed by atoms with E-state index in [-0.39, 0.29) is 29.4 Å². The van der Waals surface area contributed by atoms with E-state index in [1.54, 1.807) is 12.1 Å². The number of carbonyl (C=O) groups excluding carboxylic acids is 1. The molecule has 2 atom stereocenters. The molecule has 0 saturated heterocycles. The van der Waals surface area contributed by atoms with Gasteiger partial charge >= 0.3 is 0 Å². The molecular formula is C14H18N2O4S. The molecule has 0 radical (unpaired) electrons. The van der Waals surface area contributed by atoms with Crippen molar-refractivity contribution in [2.45, 2.75) is 30.3 Å². The Morgan fingerprint density at radius 3 is 2.67 bits per heavy atom. The standard InChI is InChI=1S/C14H18N2O4S/c17-13-3-1-2-10(13)8-15-14(18)9-21-12-6-4-11(5-7-12)16(19)20/h4-7,10,13,17H,1-3,8-9H2,(H,15,18). The van der Waals surface area contributed by atoms with Crippen molar-refractivity contribution in [2.24, 2.45) is 5.92 Å². The zero-order chi connectivity index (χ0) is 15.2. The van der Waals surface area contributed by atoms with Crippen LogP contribution >= 0.6 is 11.8 Å². The van der Waals surface area contributed by atoms with Crippen LogP contribution in [0.4, 0.5) is 5.69 Å². The third-order valence-electron chi connectivity index (χ3n) is 3.60. The van der Waals surface area contributed by atoms with Crippen LogP contribution in [0.3, 0.4) is 0 Å². The maximum atomic E-state index is 11.7. The number of amides is 1. The van der Waals surface area contributed by atoms with E-state index in [0.29, 0.717) is 6.54 Å². The molecule has 0 heterocycles. The predicted molar refractivity (Wildman–Crippen MR) is 80.2 cm³/mol. The van der Waals surface area contributed by atoms with Crippen LogP contribution in [0.5, 0.6) is 0 Å². The van der Waals surface area contributed by atoms with Gasteiger partial charge in [0.2, 0.25) is 5.91 Å². The molecule has 1 aromatic rings. The van der Waals surface area contributed by atoms with Crippen molar-refractivity contribution in [3.05, 3.63) is 34.4 Å². The highest BCUT2D eigenvalue weighted by Gasteiger charge is 2.25. The van der Waals surface area contributed by atoms with Crippen molar-refractivity contribution in [1.29, 1.82) is 0 Å². The van der Waals surface area contributed by atoms with Gasteiger partial charge in [0.25, 0.3) is 5.69 Å². The number of hydrogen-bond donors (Lipinski definition) is 2. The van der Waals surface area contributed by atoms with Gasteiger partial charge in [-0.2, -0.15) is 0 Å². The number of nitro groups is 1. The lowest BCUT2D eigenvalue weighted by Gasteiger charge is -2.14. The molecule has 0 aliphatic heterocycles. The molecule has 7 heteroatoms. The second-order valence-electron chi connectivity index (χ2n) is 5.10. The van der Waals surface area contributed by atoms with Gasteiger partial charge in [-0.05, 0) is 25.0 Å². The Labute approximate surface area is 127 Å². The van der Waals surface area contributed by atoms with Crippen molar-refractivity contribution in [1.82, 2.24) is 5.32 Å². The number of carbonyl (C=O) groups is 1. The minimum atomic E-state index is -0.450. The maximum absolute atomic E-state index is 11.7. The Morgan fingerprint density at radius 2 is 2.10 bits per heavy atom. The lowest BCUT2D eigenvalue weighted by Crippen LogP contribution is -2.33. The van der Waals surface area contributed by atoms with Gasteiger partial charge in [0.15, 0.2) is 0 Å². The topological polar surface area (TPSA) is 92.5 Å². The smallest absolute Gasteiger partial charge is 0.269 e. The lowest BCUT2D eigenvalue weighted by atomic mass is 10.1. The first-order valence-electron chi connectivity index (χ1n) is 6.88. The molecule has 2 unspecified atom stereocenters. The van der Waals surface area contributed by atoms with Gasteiger partial charge in [0, 0.05) is 29.5 Å². The number of nitrogens with one attached hydrogen (secondary N) is 1. The van der Waals surface area contributed by atoms with Gasteiger partial charge in [0.1, 0.15) is 0 Å². The van der Waals surface area contributed by atoms with E-state index in [2.05, 4.69) is 5.32 Å². The summed E-state index contributed by atoms with van der Waals surface area (Å²) >= 11 is 1.34. The molecule has 6 nitrogen and oxygen atoms in total. The fourth-order valence-corrected chi connectivity index (χ4v) is 3.09. The average molecular weight is 310 g/mol. The Kier molecular flexibility index (Phi) is 5.58. The number of hydrogen-bond acceptors (Lipinski definition) is 5. The fourth-order valence-electron chi connectivity index (χ4n) is 2.36. The molecule has 1 aromatic carbocycles. The summed E-state index contributed by atoms with van der Waals surface area (Å²) < 4.78 is 0. The number of benzene rings is 1. The highest BCUT2D eigenvalue weighted by atomic mass is 32.2. The van der Waals surface area contributed by atoms with Gasteiger partial charge in [-0.3, -0.25) is 14.9 Å². The first-order chi connectivity index (χ1) is 10.1. The second-order valence-corrected chi connectivity index (χ2v) is 6.15. The summed E-state index contributed by atoms with van der Waals surface area (Å²) in [5, 5.41) is 23.0. The van der Waals surface area contributed by atoms with Crippen LogP contribution in [-0.4, -0.2) is 34.3 Å². The van der Waals surface area contributed by atoms with Crippen molar-refractivity contribution < 1.29 is 14.8 Å². The van der Waals surface area contributed by atoms with Crippen LogP contribution in [-0.2, 0) is 4.79 Å². The van der Waals surface area contributed by atoms with E-state index in [1.165, 1.54) is 23.9 Å². The van der Waals surface area contributed by atoms with Gasteiger partial charge in [-0.1, -0.05) is 6.42 Å². The van der Waals surface area contributed by atoms with Crippen LogP contribution in [0, 0.1) is 16.0 Å². The number of nitrogens with zero attached hydrogens (tertiary/aromatic N) is 1. The third-order valence-corrected chi connectivity index (χ3v) is 4.61. The molecule has 1 aliphatic rings. The number of aliphatic hydroxyl groups excluding tert-OH is 1. The van der Waals surface area contributed by atoms with Crippen LogP contribution in [0.2, 0.25) is 0 Å². The quantitative estimate of drug-likeness (QED) is 0.476. The molecule has 114 valence electrons. The Balaban J connectivity index is 1.72. The number of thioether (sulfide) groups is 1. The van der Waals surface area contributed by atoms with E-state index in [9.17, 15) is 20.0 Å². The fraction of sp³-hybridized carbons (Fsp3) is 0.500. The molecule has 2 rings (SSSR count). The molecule has 1 fully saturated rings. The van der Waals surface area contributed by atoms with E-state index >= 15 is 0 Å². The summed E-state index contributed by atoms with van der Waals surface area (Å²) in [6, 6.07) is 6.12. The van der Waals surface area contributed by atoms with E-state index in [0.717, 1.165) is 24.2 Å². The Bertz CT molecular complexity index is 506. The molecule has 1 saturated carbocycles. The van der Waals surface area contributed by atoms with Crippen LogP contribution in [0.15, 0.2) is 29.2 Å². The molecule has 0 aromatic heterocycles. The third kappa shape index (κ3) is 4.71. The molecule has 21 heavy (non-hydrogen) atoms. The SMILES string of the molecule is O=C(CSc1ccc([N+](=O)[O-])cc1)NCC1CCCC1O. The van der Waals surface area contributed by atoms with E-state index < -0.39 is 4.92 Å². The highest BCUT2D eigenvalue weighted by Crippen LogP contribution is 2.25. The van der Waals surface area contributed by atoms with Gasteiger partial charge in [-0.15, -0.1) is 11.8 Å². The summed E-state index contributed by atoms with van der Waals surface area (Å²) in [6.07, 6.45) is 2.49. The Hall–Kier alpha value is -1.60. The van der Waals surface area contributed by atoms with Crippen LogP contribution < -0.4 is 5.32 Å². The summed E-state index contributed by atoms with van der Waals surface area (Å²) in [7, 11) is 0. The van der Waals surface area contributed by atoms with Crippen molar-refractivity contribution in [3.63, 3.8) is 0 Å². The molecule has 0 bridgehead atoms. The average Bonchev–Trinajstić information content (AvgIpc) is 2.88. The molecule has 1 aliphatic carbocycles. The minimum Gasteiger partial charge on any atom is -0.393 e. The highest BCUT2D eigenvalue weighted by molar-refractivity contribution is 8.00. The lowest BCUT2D eigenvalue weighted by molar-refractivity contribution is -0.384. The Morgan fingerprint density at radius 1 is 1.38 bits per heavy atom. The zero-order valence-corrected chi connectivity index (χ0v) is 12.3. The zero-order valence-electron chi connectivity index (χ0n) is 11.5. The van der Waals surface area contributed by atoms with E-state index in [4.69, 9.17) is 0 Å². The van der Waals surface area contributed by atoms with Gasteiger partial charge in [-0.25, -0.2) is 0 Å². The number of rotatable bonds is 6. The molecule has 1 amide bonds. The predicted octanol–water partition coefficient (Wildman–Crippen LogP) is 1.96. The largest absolute Gasteiger partial charge is 0.393 e. The van der Waals surface area contributed by atoms with Gasteiger partial charge < -0.3 is 10.4 Å². The summed E-state index contributed by atoms with van der Waals surface area (Å²) in [5.74, 6) is 0.344. The van der Waals surface area contributed by atoms with Crippen molar-refractivity contribution >= 4 is 23.4 Å². The molecule has 2 N–H and O–H groups in total. The van der Waals surface area contributed by atoms with Crippen molar-refractivity contribution in [2.75, 3.05) is 12.3 Å². The molecule has 0 spiro atoms. The minimum absolute atomic E-state index is 0.0408. The van der Waals surface area contributed by atoms with Crippen molar-refractivity contribution in [3.8, 4) is 0 Å². The van der Waals surface area contributed by atoms with Crippen LogP contribution in [0.25, 0.3) is 0 Å². The first kappa shape index (κ1) is 15.8. The monoisotopic (exact) mass is 310 g/mol. The number of non-ortho nitro benzene ring substituents is 1. The summed E-state index contributed by atoms with van der Waals surface area (Å²) in [5.41, 5.74) is 0.0408. The molecular weight excluding hydrogens is 292 g/mol. The maximum Gasteiger partial charge on any atom is 0.269 e. The first-order valence-corrected chi connectivity index (χ1v) is 7.87. The normalized spacial score (nSPS) is 21.2. The summed E-state index contributed by atoms with van der Waals surface area (Å²) in [6.45, 7) is 0.515. The summed E-state index contributed by atoms with van der Waals surface area (Å²) in [4.78, 5) is 22.6. The van der Waals surface area contributed by atoms with Gasteiger partial charge in [0.05, 0.1) is 16.8 Å². The van der Waals surface area contributed by atoms with E-state index in [1.807, 2.05) is 0 Å². The number of aliphatic hydroxyl groups is 1. The number of nitro benzene ring substituents is 1. The van der Waals surface area contributed by atoms with Crippen LogP contribution in [0.1, 0.15) is 19.3 Å². The second kappa shape index (κ2) is 7.42.